The highest BCUT2D eigenvalue weighted by atomic mass is 16.5. The lowest BCUT2D eigenvalue weighted by Crippen LogP contribution is -2.07. The van der Waals surface area contributed by atoms with Gasteiger partial charge in [0, 0.05) is 0 Å². The number of rotatable bonds is 7. The molecule has 0 bridgehead atoms. The molecule has 0 saturated heterocycles. The van der Waals surface area contributed by atoms with Gasteiger partial charge in [-0.05, 0) is 31.4 Å². The van der Waals surface area contributed by atoms with Crippen LogP contribution in [0, 0.1) is 11.3 Å². The number of ether oxygens (including phenoxy) is 1. The van der Waals surface area contributed by atoms with Crippen LogP contribution in [0.2, 0.25) is 0 Å². The van der Waals surface area contributed by atoms with Gasteiger partial charge >= 0.3 is 0 Å². The molecule has 5 nitrogen and oxygen atoms in total. The summed E-state index contributed by atoms with van der Waals surface area (Å²) in [5, 5.41) is 17.3. The third kappa shape index (κ3) is 3.40. The molecule has 0 amide bonds. The summed E-state index contributed by atoms with van der Waals surface area (Å²) in [6.45, 7) is 4.85. The highest BCUT2D eigenvalue weighted by Crippen LogP contribution is 2.24. The van der Waals surface area contributed by atoms with Crippen molar-refractivity contribution in [3.8, 4) is 17.5 Å². The van der Waals surface area contributed by atoms with Crippen LogP contribution in [-0.4, -0.2) is 21.6 Å². The summed E-state index contributed by atoms with van der Waals surface area (Å²) in [6, 6.07) is 9.85. The molecule has 5 heteroatoms. The maximum absolute atomic E-state index is 9.19. The predicted molar refractivity (Wildman–Crippen MR) is 80.5 cm³/mol. The largest absolute Gasteiger partial charge is 0.491 e. The maximum atomic E-state index is 9.19. The highest BCUT2D eigenvalue weighted by molar-refractivity contribution is 5.48. The fourth-order valence-corrected chi connectivity index (χ4v) is 2.12. The first-order valence-corrected chi connectivity index (χ1v) is 7.38. The number of para-hydroxylation sites is 2. The van der Waals surface area contributed by atoms with Crippen LogP contribution in [0.15, 0.2) is 24.3 Å². The van der Waals surface area contributed by atoms with Gasteiger partial charge in [0.25, 0.3) is 0 Å². The minimum absolute atomic E-state index is 0.397. The molecule has 2 aromatic rings. The maximum Gasteiger partial charge on any atom is 0.186 e. The standard InChI is InChI=1S/C16H20N4O/c1-3-5-8-14-13(12-17)18-19-20(14)15-9-6-7-10-16(15)21-11-4-2/h6-7,9-10H,3-5,8,11H2,1-2H3. The average Bonchev–Trinajstić information content (AvgIpc) is 2.93. The highest BCUT2D eigenvalue weighted by Gasteiger charge is 2.16. The Hall–Kier alpha value is -2.35. The van der Waals surface area contributed by atoms with E-state index in [0.717, 1.165) is 42.8 Å². The number of hydrogen-bond acceptors (Lipinski definition) is 4. The van der Waals surface area contributed by atoms with Crippen LogP contribution in [0.1, 0.15) is 44.5 Å². The number of benzene rings is 1. The summed E-state index contributed by atoms with van der Waals surface area (Å²) in [5.74, 6) is 0.770. The summed E-state index contributed by atoms with van der Waals surface area (Å²) in [5.41, 5.74) is 2.09. The minimum atomic E-state index is 0.397. The molecule has 0 unspecified atom stereocenters. The van der Waals surface area contributed by atoms with Crippen molar-refractivity contribution in [1.82, 2.24) is 15.0 Å². The molecule has 1 aromatic heterocycles. The van der Waals surface area contributed by atoms with E-state index in [4.69, 9.17) is 4.74 Å². The van der Waals surface area contributed by atoms with E-state index in [-0.39, 0.29) is 0 Å². The summed E-state index contributed by atoms with van der Waals surface area (Å²) < 4.78 is 7.51. The zero-order valence-corrected chi connectivity index (χ0v) is 12.5. The molecule has 0 atom stereocenters. The number of hydrogen-bond donors (Lipinski definition) is 0. The third-order valence-corrected chi connectivity index (χ3v) is 3.19. The lowest BCUT2D eigenvalue weighted by Gasteiger charge is -2.12. The van der Waals surface area contributed by atoms with Crippen molar-refractivity contribution in [2.24, 2.45) is 0 Å². The molecule has 0 N–H and O–H groups in total. The normalized spacial score (nSPS) is 10.3. The molecular formula is C16H20N4O. The molecule has 110 valence electrons. The van der Waals surface area contributed by atoms with Crippen molar-refractivity contribution in [3.05, 3.63) is 35.7 Å². The van der Waals surface area contributed by atoms with Crippen molar-refractivity contribution in [3.63, 3.8) is 0 Å². The van der Waals surface area contributed by atoms with Crippen molar-refractivity contribution in [1.29, 1.82) is 5.26 Å². The van der Waals surface area contributed by atoms with Crippen LogP contribution in [-0.2, 0) is 6.42 Å². The lowest BCUT2D eigenvalue weighted by molar-refractivity contribution is 0.315. The minimum Gasteiger partial charge on any atom is -0.491 e. The van der Waals surface area contributed by atoms with Crippen molar-refractivity contribution < 1.29 is 4.74 Å². The molecule has 0 fully saturated rings. The number of nitriles is 1. The van der Waals surface area contributed by atoms with E-state index < -0.39 is 0 Å². The monoisotopic (exact) mass is 284 g/mol. The van der Waals surface area contributed by atoms with Crippen LogP contribution >= 0.6 is 0 Å². The Balaban J connectivity index is 2.42. The van der Waals surface area contributed by atoms with E-state index in [9.17, 15) is 5.26 Å². The molecule has 0 aliphatic carbocycles. The van der Waals surface area contributed by atoms with Gasteiger partial charge in [-0.25, -0.2) is 4.68 Å². The zero-order chi connectivity index (χ0) is 15.1. The molecule has 1 heterocycles. The summed E-state index contributed by atoms with van der Waals surface area (Å²) >= 11 is 0. The Morgan fingerprint density at radius 2 is 2.05 bits per heavy atom. The third-order valence-electron chi connectivity index (χ3n) is 3.19. The first kappa shape index (κ1) is 15.0. The molecular weight excluding hydrogens is 264 g/mol. The molecule has 0 radical (unpaired) electrons. The fraction of sp³-hybridized carbons (Fsp3) is 0.438. The lowest BCUT2D eigenvalue weighted by atomic mass is 10.1. The summed E-state index contributed by atoms with van der Waals surface area (Å²) in [6.07, 6.45) is 3.79. The quantitative estimate of drug-likeness (QED) is 0.782. The average molecular weight is 284 g/mol. The van der Waals surface area contributed by atoms with E-state index in [0.29, 0.717) is 12.3 Å². The number of unbranched alkanes of at least 4 members (excludes halogenated alkanes) is 1. The van der Waals surface area contributed by atoms with Crippen LogP contribution in [0.4, 0.5) is 0 Å². The Morgan fingerprint density at radius 3 is 2.76 bits per heavy atom. The van der Waals surface area contributed by atoms with Crippen LogP contribution in [0.5, 0.6) is 5.75 Å². The summed E-state index contributed by atoms with van der Waals surface area (Å²) in [7, 11) is 0. The molecule has 0 saturated carbocycles. The van der Waals surface area contributed by atoms with Gasteiger partial charge in [0.2, 0.25) is 0 Å². The summed E-state index contributed by atoms with van der Waals surface area (Å²) in [4.78, 5) is 0. The molecule has 1 aromatic carbocycles. The predicted octanol–water partition coefficient (Wildman–Crippen LogP) is 3.27. The van der Waals surface area contributed by atoms with E-state index in [1.807, 2.05) is 24.3 Å². The van der Waals surface area contributed by atoms with Crippen molar-refractivity contribution >= 4 is 0 Å². The molecule has 0 spiro atoms. The van der Waals surface area contributed by atoms with Gasteiger partial charge in [-0.3, -0.25) is 0 Å². The smallest absolute Gasteiger partial charge is 0.186 e. The van der Waals surface area contributed by atoms with E-state index in [2.05, 4.69) is 30.2 Å². The van der Waals surface area contributed by atoms with Gasteiger partial charge in [-0.2, -0.15) is 5.26 Å². The Bertz CT molecular complexity index is 627. The fourth-order valence-electron chi connectivity index (χ4n) is 2.12. The first-order valence-electron chi connectivity index (χ1n) is 7.38. The van der Waals surface area contributed by atoms with E-state index in [1.165, 1.54) is 0 Å². The Labute approximate surface area is 125 Å². The Kier molecular flexibility index (Phi) is 5.33. The van der Waals surface area contributed by atoms with Crippen LogP contribution in [0.3, 0.4) is 0 Å². The van der Waals surface area contributed by atoms with Crippen LogP contribution < -0.4 is 4.74 Å². The number of nitrogens with zero attached hydrogens (tertiary/aromatic N) is 4. The van der Waals surface area contributed by atoms with Crippen molar-refractivity contribution in [2.45, 2.75) is 39.5 Å². The van der Waals surface area contributed by atoms with E-state index in [1.54, 1.807) is 4.68 Å². The van der Waals surface area contributed by atoms with Gasteiger partial charge in [-0.15, -0.1) is 5.10 Å². The number of aromatic nitrogens is 3. The van der Waals surface area contributed by atoms with Gasteiger partial charge in [-0.1, -0.05) is 37.6 Å². The second kappa shape index (κ2) is 7.44. The molecule has 0 aliphatic rings. The molecule has 0 aliphatic heterocycles. The van der Waals surface area contributed by atoms with Gasteiger partial charge in [0.15, 0.2) is 5.69 Å². The topological polar surface area (TPSA) is 63.7 Å². The van der Waals surface area contributed by atoms with Gasteiger partial charge in [0.1, 0.15) is 17.5 Å². The van der Waals surface area contributed by atoms with Crippen LogP contribution in [0.25, 0.3) is 5.69 Å². The van der Waals surface area contributed by atoms with Gasteiger partial charge in [0.05, 0.1) is 12.3 Å². The van der Waals surface area contributed by atoms with Gasteiger partial charge < -0.3 is 4.74 Å². The first-order chi connectivity index (χ1) is 10.3. The molecule has 21 heavy (non-hydrogen) atoms. The SMILES string of the molecule is CCCCc1c(C#N)nnn1-c1ccccc1OCCC. The Morgan fingerprint density at radius 1 is 1.24 bits per heavy atom. The second-order valence-corrected chi connectivity index (χ2v) is 4.83. The molecule has 2 rings (SSSR count). The van der Waals surface area contributed by atoms with E-state index >= 15 is 0 Å². The second-order valence-electron chi connectivity index (χ2n) is 4.83. The van der Waals surface area contributed by atoms with Crippen molar-refractivity contribution in [2.75, 3.05) is 6.61 Å². The zero-order valence-electron chi connectivity index (χ0n) is 12.5.